The highest BCUT2D eigenvalue weighted by molar-refractivity contribution is 7.15. The van der Waals surface area contributed by atoms with Crippen LogP contribution < -0.4 is 10.9 Å². The molecule has 7 nitrogen and oxygen atoms in total. The molecule has 1 N–H and O–H groups in total. The maximum atomic E-state index is 13.3. The zero-order chi connectivity index (χ0) is 23.5. The third-order valence-corrected chi connectivity index (χ3v) is 8.20. The molecule has 1 amide bonds. The molecular weight excluding hydrogens is 458 g/mol. The van der Waals surface area contributed by atoms with Gasteiger partial charge in [0.2, 0.25) is 5.91 Å². The van der Waals surface area contributed by atoms with Crippen molar-refractivity contribution in [2.75, 3.05) is 5.32 Å². The number of hydrogen-bond donors (Lipinski definition) is 1. The van der Waals surface area contributed by atoms with Crippen LogP contribution >= 0.6 is 11.3 Å². The standard InChI is InChI=1S/C27H23N5O2S/c33-23(30-27-29-20-10-4-6-12-22(20)35-27)15-32-21-11-5-2-7-16(21)17-13-14-31-25(24(17)32)28-19-9-3-1-8-18(19)26(31)34/h1-3,5,7-9,11H,4,6,10,12-15H2,(H,29,30,33). The van der Waals surface area contributed by atoms with E-state index in [-0.39, 0.29) is 18.0 Å². The second kappa shape index (κ2) is 7.88. The molecule has 174 valence electrons. The molecule has 1 aliphatic carbocycles. The van der Waals surface area contributed by atoms with Crippen molar-refractivity contribution in [3.63, 3.8) is 0 Å². The van der Waals surface area contributed by atoms with E-state index in [1.54, 1.807) is 15.9 Å². The maximum absolute atomic E-state index is 13.3. The summed E-state index contributed by atoms with van der Waals surface area (Å²) in [4.78, 5) is 37.4. The summed E-state index contributed by atoms with van der Waals surface area (Å²) in [5, 5.41) is 5.43. The van der Waals surface area contributed by atoms with Crippen molar-refractivity contribution in [1.82, 2.24) is 19.1 Å². The molecule has 2 aliphatic rings. The predicted molar refractivity (Wildman–Crippen MR) is 138 cm³/mol. The number of amides is 1. The summed E-state index contributed by atoms with van der Waals surface area (Å²) in [5.41, 5.74) is 4.73. The monoisotopic (exact) mass is 481 g/mol. The predicted octanol–water partition coefficient (Wildman–Crippen LogP) is 4.55. The number of nitrogens with zero attached hydrogens (tertiary/aromatic N) is 4. The van der Waals surface area contributed by atoms with E-state index >= 15 is 0 Å². The molecule has 8 heteroatoms. The summed E-state index contributed by atoms with van der Waals surface area (Å²) >= 11 is 1.59. The number of benzene rings is 2. The van der Waals surface area contributed by atoms with Crippen LogP contribution in [-0.2, 0) is 37.1 Å². The normalized spacial score (nSPS) is 14.5. The van der Waals surface area contributed by atoms with Crippen molar-refractivity contribution in [3.05, 3.63) is 75.0 Å². The Balaban J connectivity index is 1.34. The summed E-state index contributed by atoms with van der Waals surface area (Å²) in [6.45, 7) is 0.701. The van der Waals surface area contributed by atoms with Gasteiger partial charge in [-0.3, -0.25) is 14.2 Å². The van der Waals surface area contributed by atoms with Crippen molar-refractivity contribution in [3.8, 4) is 11.5 Å². The molecule has 1 aliphatic heterocycles. The summed E-state index contributed by atoms with van der Waals surface area (Å²) < 4.78 is 3.77. The lowest BCUT2D eigenvalue weighted by molar-refractivity contribution is -0.116. The molecule has 0 saturated heterocycles. The fourth-order valence-electron chi connectivity index (χ4n) is 5.54. The maximum Gasteiger partial charge on any atom is 0.261 e. The number of nitrogens with one attached hydrogen (secondary N) is 1. The van der Waals surface area contributed by atoms with Crippen LogP contribution in [0.5, 0.6) is 0 Å². The van der Waals surface area contributed by atoms with Crippen LogP contribution in [0.1, 0.15) is 29.0 Å². The number of fused-ring (bicyclic) bond motifs is 7. The number of carbonyl (C=O) groups is 1. The quantitative estimate of drug-likeness (QED) is 0.410. The average Bonchev–Trinajstić information content (AvgIpc) is 3.43. The minimum atomic E-state index is -0.125. The second-order valence-corrected chi connectivity index (χ2v) is 10.3. The molecule has 5 aromatic rings. The van der Waals surface area contributed by atoms with Crippen molar-refractivity contribution >= 4 is 44.2 Å². The molecular formula is C27H23N5O2S. The first kappa shape index (κ1) is 20.6. The lowest BCUT2D eigenvalue weighted by Gasteiger charge is -2.21. The molecule has 0 spiro atoms. The topological polar surface area (TPSA) is 81.8 Å². The van der Waals surface area contributed by atoms with Crippen molar-refractivity contribution in [2.24, 2.45) is 0 Å². The molecule has 7 rings (SSSR count). The Labute approximate surface area is 205 Å². The fourth-order valence-corrected chi connectivity index (χ4v) is 6.60. The fraction of sp³-hybridized carbons (Fsp3) is 0.259. The Bertz CT molecular complexity index is 1690. The number of thiazole rings is 1. The smallest absolute Gasteiger partial charge is 0.261 e. The number of aryl methyl sites for hydroxylation is 3. The Hall–Kier alpha value is -3.78. The Morgan fingerprint density at radius 1 is 0.971 bits per heavy atom. The molecule has 0 radical (unpaired) electrons. The molecule has 35 heavy (non-hydrogen) atoms. The van der Waals surface area contributed by atoms with Gasteiger partial charge in [0.15, 0.2) is 11.0 Å². The molecule has 0 fully saturated rings. The van der Waals surface area contributed by atoms with Crippen LogP contribution in [-0.4, -0.2) is 25.0 Å². The van der Waals surface area contributed by atoms with E-state index in [4.69, 9.17) is 4.98 Å². The van der Waals surface area contributed by atoms with E-state index in [1.807, 2.05) is 47.0 Å². The van der Waals surface area contributed by atoms with Crippen LogP contribution in [0.15, 0.2) is 53.3 Å². The first-order valence-corrected chi connectivity index (χ1v) is 12.9. The summed E-state index contributed by atoms with van der Waals surface area (Å²) in [6, 6.07) is 15.6. The number of rotatable bonds is 3. The Morgan fingerprint density at radius 2 is 1.77 bits per heavy atom. The van der Waals surface area contributed by atoms with Gasteiger partial charge in [-0.25, -0.2) is 9.97 Å². The second-order valence-electron chi connectivity index (χ2n) is 9.23. The third-order valence-electron chi connectivity index (χ3n) is 7.13. The SMILES string of the molecule is O=C(Cn1c2c(c3ccccc31)CCn1c-2nc2ccccc2c1=O)Nc1nc2c(s1)CCCC2. The highest BCUT2D eigenvalue weighted by Crippen LogP contribution is 2.37. The molecule has 4 heterocycles. The van der Waals surface area contributed by atoms with E-state index in [0.29, 0.717) is 28.4 Å². The number of anilines is 1. The Kier molecular flexibility index (Phi) is 4.63. The Morgan fingerprint density at radius 3 is 2.66 bits per heavy atom. The number of aromatic nitrogens is 4. The molecule has 0 atom stereocenters. The molecule has 0 bridgehead atoms. The summed E-state index contributed by atoms with van der Waals surface area (Å²) in [7, 11) is 0. The van der Waals surface area contributed by atoms with E-state index < -0.39 is 0 Å². The third kappa shape index (κ3) is 3.24. The van der Waals surface area contributed by atoms with Gasteiger partial charge in [-0.15, -0.1) is 11.3 Å². The van der Waals surface area contributed by atoms with Crippen LogP contribution in [0.4, 0.5) is 5.13 Å². The number of carbonyl (C=O) groups excluding carboxylic acids is 1. The van der Waals surface area contributed by atoms with Gasteiger partial charge in [-0.1, -0.05) is 30.3 Å². The number of para-hydroxylation sites is 2. The van der Waals surface area contributed by atoms with Gasteiger partial charge in [0.05, 0.1) is 22.3 Å². The minimum absolute atomic E-state index is 0.0362. The van der Waals surface area contributed by atoms with Crippen LogP contribution in [0.25, 0.3) is 33.3 Å². The van der Waals surface area contributed by atoms with E-state index in [9.17, 15) is 9.59 Å². The lowest BCUT2D eigenvalue weighted by Crippen LogP contribution is -2.29. The van der Waals surface area contributed by atoms with E-state index in [0.717, 1.165) is 53.5 Å². The molecule has 2 aromatic carbocycles. The van der Waals surface area contributed by atoms with Crippen LogP contribution in [0.2, 0.25) is 0 Å². The molecule has 0 saturated carbocycles. The van der Waals surface area contributed by atoms with Crippen molar-refractivity contribution in [2.45, 2.75) is 45.2 Å². The number of hydrogen-bond acceptors (Lipinski definition) is 5. The molecule has 3 aromatic heterocycles. The average molecular weight is 482 g/mol. The van der Waals surface area contributed by atoms with Gasteiger partial charge in [-0.05, 0) is 55.9 Å². The first-order chi connectivity index (χ1) is 17.2. The minimum Gasteiger partial charge on any atom is -0.328 e. The lowest BCUT2D eigenvalue weighted by atomic mass is 10.0. The highest BCUT2D eigenvalue weighted by atomic mass is 32.1. The van der Waals surface area contributed by atoms with Gasteiger partial charge in [-0.2, -0.15) is 0 Å². The van der Waals surface area contributed by atoms with Crippen molar-refractivity contribution in [1.29, 1.82) is 0 Å². The van der Waals surface area contributed by atoms with Crippen molar-refractivity contribution < 1.29 is 4.79 Å². The first-order valence-electron chi connectivity index (χ1n) is 12.1. The highest BCUT2D eigenvalue weighted by Gasteiger charge is 2.28. The van der Waals surface area contributed by atoms with Gasteiger partial charge in [0.25, 0.3) is 5.56 Å². The largest absolute Gasteiger partial charge is 0.328 e. The van der Waals surface area contributed by atoms with Gasteiger partial charge in [0.1, 0.15) is 6.54 Å². The van der Waals surface area contributed by atoms with Gasteiger partial charge in [0, 0.05) is 22.3 Å². The summed E-state index contributed by atoms with van der Waals surface area (Å²) in [5.74, 6) is 0.503. The van der Waals surface area contributed by atoms with Crippen LogP contribution in [0, 0.1) is 0 Å². The van der Waals surface area contributed by atoms with Gasteiger partial charge >= 0.3 is 0 Å². The van der Waals surface area contributed by atoms with E-state index in [1.165, 1.54) is 11.3 Å². The van der Waals surface area contributed by atoms with Crippen LogP contribution in [0.3, 0.4) is 0 Å². The van der Waals surface area contributed by atoms with E-state index in [2.05, 4.69) is 16.4 Å². The van der Waals surface area contributed by atoms with Gasteiger partial charge < -0.3 is 9.88 Å². The zero-order valence-corrected chi connectivity index (χ0v) is 19.9. The molecule has 0 unspecified atom stereocenters. The summed E-state index contributed by atoms with van der Waals surface area (Å²) in [6.07, 6.45) is 5.10. The zero-order valence-electron chi connectivity index (χ0n) is 19.1.